The number of fused-ring (bicyclic) bond motifs is 1. The molecule has 0 radical (unpaired) electrons. The third-order valence-electron chi connectivity index (χ3n) is 5.43. The molecule has 5 unspecified atom stereocenters. The highest BCUT2D eigenvalue weighted by atomic mass is 32.5. The third-order valence-corrected chi connectivity index (χ3v) is 7.03. The Morgan fingerprint density at radius 1 is 1.39 bits per heavy atom. The molecule has 0 amide bonds. The highest BCUT2D eigenvalue weighted by Gasteiger charge is 2.36. The van der Waals surface area contributed by atoms with Crippen LogP contribution in [-0.2, 0) is 32.1 Å². The smallest absolute Gasteiger partial charge is 0.330 e. The number of imidazole rings is 1. The van der Waals surface area contributed by atoms with Crippen LogP contribution in [0.25, 0.3) is 11.2 Å². The zero-order valence-electron chi connectivity index (χ0n) is 18.8. The minimum atomic E-state index is -4.19. The predicted octanol–water partition coefficient (Wildman–Crippen LogP) is -2.81. The van der Waals surface area contributed by atoms with Gasteiger partial charge < -0.3 is 39.2 Å². The molecule has 196 valence electrons. The van der Waals surface area contributed by atoms with Crippen molar-refractivity contribution >= 4 is 35.6 Å². The standard InChI is InChI=1S/C18H24N7O9PS/c1-8-3-25(18(30)23-15(8)28)12-2-10(27)11(33-12)6-32-35(31,36)34-9(5-26)4-24-7-20-13-14(24)21-17(19)22-16(13)29/h3,7,9-12,26-27H,2,4-6H2,1H3,(H,31,36)(H,23,28,30)(H3,19,21,22,29)/p-1. The summed E-state index contributed by atoms with van der Waals surface area (Å²) in [5, 5.41) is 20.0. The van der Waals surface area contributed by atoms with Gasteiger partial charge >= 0.3 is 5.69 Å². The molecule has 0 aliphatic carbocycles. The molecule has 1 aliphatic heterocycles. The van der Waals surface area contributed by atoms with Crippen LogP contribution < -0.4 is 27.4 Å². The number of aromatic amines is 2. The topological polar surface area (TPSA) is 236 Å². The molecular weight excluding hydrogens is 521 g/mol. The molecule has 1 saturated heterocycles. The van der Waals surface area contributed by atoms with Crippen LogP contribution in [0, 0.1) is 6.92 Å². The van der Waals surface area contributed by atoms with E-state index in [1.165, 1.54) is 24.0 Å². The molecule has 3 aromatic rings. The maximum absolute atomic E-state index is 12.7. The summed E-state index contributed by atoms with van der Waals surface area (Å²) in [6.45, 7) is -3.85. The highest BCUT2D eigenvalue weighted by Crippen LogP contribution is 2.42. The number of nitrogen functional groups attached to an aromatic ring is 1. The lowest BCUT2D eigenvalue weighted by molar-refractivity contribution is -0.215. The van der Waals surface area contributed by atoms with Crippen molar-refractivity contribution < 1.29 is 28.9 Å². The number of nitrogens with zero attached hydrogens (tertiary/aromatic N) is 4. The van der Waals surface area contributed by atoms with Gasteiger partial charge in [-0.15, -0.1) is 0 Å². The van der Waals surface area contributed by atoms with Crippen LogP contribution in [0.2, 0.25) is 0 Å². The Morgan fingerprint density at radius 3 is 2.86 bits per heavy atom. The number of ether oxygens (including phenoxy) is 1. The van der Waals surface area contributed by atoms with E-state index in [0.29, 0.717) is 0 Å². The zero-order valence-corrected chi connectivity index (χ0v) is 20.5. The minimum absolute atomic E-state index is 0.00420. The van der Waals surface area contributed by atoms with Crippen LogP contribution in [0.3, 0.4) is 0 Å². The molecular formula is C18H23N7O9PS-. The Hall–Kier alpha value is -2.76. The first kappa shape index (κ1) is 26.3. The van der Waals surface area contributed by atoms with Gasteiger partial charge in [-0.05, 0) is 6.92 Å². The minimum Gasteiger partial charge on any atom is -0.780 e. The number of aliphatic hydroxyl groups excluding tert-OH is 2. The fourth-order valence-electron chi connectivity index (χ4n) is 3.66. The summed E-state index contributed by atoms with van der Waals surface area (Å²) in [5.41, 5.74) is 4.18. The van der Waals surface area contributed by atoms with E-state index in [0.717, 1.165) is 4.57 Å². The summed E-state index contributed by atoms with van der Waals surface area (Å²) >= 11 is 4.92. The number of anilines is 1. The molecule has 5 atom stereocenters. The molecule has 18 heteroatoms. The third kappa shape index (κ3) is 5.63. The van der Waals surface area contributed by atoms with Gasteiger partial charge in [-0.3, -0.25) is 24.1 Å². The zero-order chi connectivity index (χ0) is 26.2. The first-order valence-electron chi connectivity index (χ1n) is 10.6. The molecule has 0 aromatic carbocycles. The Balaban J connectivity index is 1.39. The summed E-state index contributed by atoms with van der Waals surface area (Å²) in [6.07, 6.45) is -1.53. The van der Waals surface area contributed by atoms with Gasteiger partial charge in [0.15, 0.2) is 11.2 Å². The maximum Gasteiger partial charge on any atom is 0.330 e. The van der Waals surface area contributed by atoms with Crippen molar-refractivity contribution in [2.24, 2.45) is 0 Å². The number of rotatable bonds is 9. The molecule has 4 heterocycles. The number of hydrogen-bond acceptors (Lipinski definition) is 13. The van der Waals surface area contributed by atoms with Gasteiger partial charge in [0.05, 0.1) is 32.2 Å². The van der Waals surface area contributed by atoms with Crippen LogP contribution in [0.5, 0.6) is 0 Å². The predicted molar refractivity (Wildman–Crippen MR) is 125 cm³/mol. The monoisotopic (exact) mass is 544 g/mol. The molecule has 3 aromatic heterocycles. The van der Waals surface area contributed by atoms with E-state index in [1.807, 2.05) is 0 Å². The quantitative estimate of drug-likeness (QED) is 0.171. The average molecular weight is 544 g/mol. The van der Waals surface area contributed by atoms with Crippen molar-refractivity contribution in [3.63, 3.8) is 0 Å². The van der Waals surface area contributed by atoms with Gasteiger partial charge in [-0.1, -0.05) is 11.8 Å². The molecule has 1 fully saturated rings. The lowest BCUT2D eigenvalue weighted by atomic mass is 10.2. The fraction of sp³-hybridized carbons (Fsp3) is 0.500. The summed E-state index contributed by atoms with van der Waals surface area (Å²) in [4.78, 5) is 60.7. The van der Waals surface area contributed by atoms with Crippen LogP contribution in [0.1, 0.15) is 18.2 Å². The van der Waals surface area contributed by atoms with Crippen molar-refractivity contribution in [1.29, 1.82) is 0 Å². The number of aromatic nitrogens is 6. The lowest BCUT2D eigenvalue weighted by Gasteiger charge is -2.32. The van der Waals surface area contributed by atoms with Gasteiger partial charge in [0, 0.05) is 18.2 Å². The van der Waals surface area contributed by atoms with Crippen LogP contribution >= 0.6 is 6.72 Å². The summed E-state index contributed by atoms with van der Waals surface area (Å²) in [7, 11) is 0. The van der Waals surface area contributed by atoms with Crippen molar-refractivity contribution in [2.75, 3.05) is 18.9 Å². The largest absolute Gasteiger partial charge is 0.780 e. The molecule has 36 heavy (non-hydrogen) atoms. The Labute approximate surface area is 206 Å². The van der Waals surface area contributed by atoms with E-state index in [4.69, 9.17) is 31.3 Å². The van der Waals surface area contributed by atoms with E-state index in [2.05, 4.69) is 19.9 Å². The van der Waals surface area contributed by atoms with Crippen LogP contribution in [0.15, 0.2) is 26.9 Å². The van der Waals surface area contributed by atoms with Crippen LogP contribution in [0.4, 0.5) is 5.95 Å². The molecule has 0 bridgehead atoms. The number of aliphatic hydroxyl groups is 2. The van der Waals surface area contributed by atoms with Gasteiger partial charge in [0.1, 0.15) is 25.2 Å². The van der Waals surface area contributed by atoms with E-state index < -0.39 is 61.3 Å². The van der Waals surface area contributed by atoms with E-state index in [-0.39, 0.29) is 35.6 Å². The molecule has 0 spiro atoms. The molecule has 6 N–H and O–H groups in total. The second kappa shape index (κ2) is 10.3. The molecule has 0 saturated carbocycles. The van der Waals surface area contributed by atoms with Gasteiger partial charge in [0.2, 0.25) is 5.95 Å². The number of nitrogens with one attached hydrogen (secondary N) is 2. The second-order valence-corrected chi connectivity index (χ2v) is 10.8. The summed E-state index contributed by atoms with van der Waals surface area (Å²) in [5.74, 6) is -0.138. The Kier molecular flexibility index (Phi) is 7.53. The summed E-state index contributed by atoms with van der Waals surface area (Å²) in [6, 6.07) is 0. The molecule has 16 nitrogen and oxygen atoms in total. The number of H-pyrrole nitrogens is 2. The Bertz CT molecular complexity index is 1480. The number of aryl methyl sites for hydroxylation is 1. The molecule has 1 aliphatic rings. The fourth-order valence-corrected chi connectivity index (χ4v) is 5.10. The van der Waals surface area contributed by atoms with Crippen molar-refractivity contribution in [1.82, 2.24) is 29.1 Å². The van der Waals surface area contributed by atoms with E-state index in [1.54, 1.807) is 0 Å². The van der Waals surface area contributed by atoms with Crippen LogP contribution in [-0.4, -0.2) is 70.8 Å². The van der Waals surface area contributed by atoms with E-state index in [9.17, 15) is 29.5 Å². The first-order chi connectivity index (χ1) is 17.0. The maximum atomic E-state index is 12.7. The number of nitrogens with two attached hydrogens (primary N) is 1. The lowest BCUT2D eigenvalue weighted by Crippen LogP contribution is -2.33. The van der Waals surface area contributed by atoms with Crippen molar-refractivity contribution in [3.8, 4) is 0 Å². The van der Waals surface area contributed by atoms with Gasteiger partial charge in [-0.25, -0.2) is 9.78 Å². The first-order valence-corrected chi connectivity index (χ1v) is 13.1. The normalized spacial score (nSPS) is 22.6. The Morgan fingerprint density at radius 2 is 2.14 bits per heavy atom. The van der Waals surface area contributed by atoms with Crippen molar-refractivity contribution in [2.45, 2.75) is 44.4 Å². The number of hydrogen-bond donors (Lipinski definition) is 5. The van der Waals surface area contributed by atoms with E-state index >= 15 is 0 Å². The summed E-state index contributed by atoms with van der Waals surface area (Å²) < 4.78 is 18.7. The average Bonchev–Trinajstić information content (AvgIpc) is 3.37. The second-order valence-electron chi connectivity index (χ2n) is 8.08. The van der Waals surface area contributed by atoms with Gasteiger partial charge in [0.25, 0.3) is 11.1 Å². The SMILES string of the molecule is Cc1cn(C2CC(O)C(COP([O-])(=S)OC(CO)Cn3cnc4c(=O)[nH]c(N)nc43)O2)c(=O)[nH]c1=O. The van der Waals surface area contributed by atoms with Gasteiger partial charge in [-0.2, -0.15) is 4.98 Å². The molecule has 4 rings (SSSR count). The highest BCUT2D eigenvalue weighted by molar-refractivity contribution is 8.06. The van der Waals surface area contributed by atoms with Crippen molar-refractivity contribution in [3.05, 3.63) is 49.3 Å².